The number of fused-ring (bicyclic) bond motifs is 1. The van der Waals surface area contributed by atoms with Crippen LogP contribution in [0.25, 0.3) is 0 Å². The van der Waals surface area contributed by atoms with Crippen molar-refractivity contribution in [1.29, 1.82) is 0 Å². The molecule has 0 saturated carbocycles. The van der Waals surface area contributed by atoms with E-state index in [0.717, 1.165) is 29.7 Å². The van der Waals surface area contributed by atoms with Crippen LogP contribution < -0.4 is 4.74 Å². The highest BCUT2D eigenvalue weighted by Gasteiger charge is 2.18. The van der Waals surface area contributed by atoms with E-state index in [2.05, 4.69) is 0 Å². The third kappa shape index (κ3) is 3.50. The lowest BCUT2D eigenvalue weighted by atomic mass is 10.1. The second-order valence-electron chi connectivity index (χ2n) is 4.93. The van der Waals surface area contributed by atoms with E-state index < -0.39 is 5.97 Å². The predicted octanol–water partition coefficient (Wildman–Crippen LogP) is 1.49. The van der Waals surface area contributed by atoms with Crippen molar-refractivity contribution in [3.63, 3.8) is 0 Å². The van der Waals surface area contributed by atoms with Crippen LogP contribution in [-0.2, 0) is 22.4 Å². The Hall–Kier alpha value is -2.04. The summed E-state index contributed by atoms with van der Waals surface area (Å²) in [7, 11) is 0. The van der Waals surface area contributed by atoms with E-state index in [9.17, 15) is 9.59 Å². The molecule has 0 radical (unpaired) electrons. The standard InChI is InChI=1S/C15H19NO4/c1-2-6-16(10-15(18)19)14(17)9-11-3-4-13-12(8-11)5-7-20-13/h3-4,8H,2,5-7,9-10H2,1H3,(H,18,19). The van der Waals surface area contributed by atoms with Crippen LogP contribution in [0.1, 0.15) is 24.5 Å². The van der Waals surface area contributed by atoms with Gasteiger partial charge in [0.05, 0.1) is 13.0 Å². The van der Waals surface area contributed by atoms with Crippen LogP contribution in [0.5, 0.6) is 5.75 Å². The zero-order valence-corrected chi connectivity index (χ0v) is 11.6. The molecule has 0 fully saturated rings. The molecule has 108 valence electrons. The summed E-state index contributed by atoms with van der Waals surface area (Å²) in [6.07, 6.45) is 1.85. The molecule has 0 unspecified atom stereocenters. The fourth-order valence-corrected chi connectivity index (χ4v) is 2.36. The number of amides is 1. The Morgan fingerprint density at radius 3 is 2.90 bits per heavy atom. The Morgan fingerprint density at radius 1 is 1.40 bits per heavy atom. The smallest absolute Gasteiger partial charge is 0.323 e. The van der Waals surface area contributed by atoms with Crippen LogP contribution in [0.2, 0.25) is 0 Å². The molecule has 5 nitrogen and oxygen atoms in total. The summed E-state index contributed by atoms with van der Waals surface area (Å²) in [6.45, 7) is 2.85. The van der Waals surface area contributed by atoms with Gasteiger partial charge in [0, 0.05) is 13.0 Å². The number of carbonyl (C=O) groups excluding carboxylic acids is 1. The van der Waals surface area contributed by atoms with Crippen LogP contribution in [0.4, 0.5) is 0 Å². The van der Waals surface area contributed by atoms with Crippen LogP contribution in [0, 0.1) is 0 Å². The van der Waals surface area contributed by atoms with E-state index >= 15 is 0 Å². The second-order valence-corrected chi connectivity index (χ2v) is 4.93. The largest absolute Gasteiger partial charge is 0.493 e. The van der Waals surface area contributed by atoms with Gasteiger partial charge in [0.1, 0.15) is 12.3 Å². The maximum Gasteiger partial charge on any atom is 0.323 e. The van der Waals surface area contributed by atoms with Crippen molar-refractivity contribution >= 4 is 11.9 Å². The monoisotopic (exact) mass is 277 g/mol. The SMILES string of the molecule is CCCN(CC(=O)O)C(=O)Cc1ccc2c(c1)CCO2. The zero-order valence-electron chi connectivity index (χ0n) is 11.6. The second kappa shape index (κ2) is 6.41. The van der Waals surface area contributed by atoms with Crippen LogP contribution in [0.15, 0.2) is 18.2 Å². The van der Waals surface area contributed by atoms with Crippen LogP contribution in [0.3, 0.4) is 0 Å². The topological polar surface area (TPSA) is 66.8 Å². The average molecular weight is 277 g/mol. The molecular weight excluding hydrogens is 258 g/mol. The molecule has 20 heavy (non-hydrogen) atoms. The lowest BCUT2D eigenvalue weighted by molar-refractivity contribution is -0.144. The summed E-state index contributed by atoms with van der Waals surface area (Å²) in [4.78, 5) is 24.3. The number of hydrogen-bond acceptors (Lipinski definition) is 3. The number of carboxylic acids is 1. The lowest BCUT2D eigenvalue weighted by Crippen LogP contribution is -2.37. The Kier molecular flexibility index (Phi) is 4.61. The van der Waals surface area contributed by atoms with E-state index in [1.165, 1.54) is 4.90 Å². The fourth-order valence-electron chi connectivity index (χ4n) is 2.36. The summed E-state index contributed by atoms with van der Waals surface area (Å²) in [5, 5.41) is 8.84. The summed E-state index contributed by atoms with van der Waals surface area (Å²) in [5.41, 5.74) is 2.03. The molecule has 1 N–H and O–H groups in total. The minimum Gasteiger partial charge on any atom is -0.493 e. The van der Waals surface area contributed by atoms with Crippen LogP contribution >= 0.6 is 0 Å². The summed E-state index contributed by atoms with van der Waals surface area (Å²) in [6, 6.07) is 5.73. The van der Waals surface area contributed by atoms with Gasteiger partial charge in [-0.1, -0.05) is 19.1 Å². The van der Waals surface area contributed by atoms with Gasteiger partial charge < -0.3 is 14.7 Å². The van der Waals surface area contributed by atoms with Gasteiger partial charge in [-0.2, -0.15) is 0 Å². The van der Waals surface area contributed by atoms with Gasteiger partial charge in [-0.3, -0.25) is 9.59 Å². The molecule has 2 rings (SSSR count). The summed E-state index contributed by atoms with van der Waals surface area (Å²) < 4.78 is 5.42. The molecule has 1 heterocycles. The van der Waals surface area contributed by atoms with E-state index in [1.54, 1.807) is 0 Å². The van der Waals surface area contributed by atoms with Crippen molar-refractivity contribution < 1.29 is 19.4 Å². The van der Waals surface area contributed by atoms with Gasteiger partial charge in [0.15, 0.2) is 0 Å². The van der Waals surface area contributed by atoms with Crippen molar-refractivity contribution in [2.24, 2.45) is 0 Å². The van der Waals surface area contributed by atoms with Gasteiger partial charge in [-0.25, -0.2) is 0 Å². The minimum absolute atomic E-state index is 0.145. The zero-order chi connectivity index (χ0) is 14.5. The molecule has 5 heteroatoms. The predicted molar refractivity (Wildman–Crippen MR) is 73.9 cm³/mol. The number of nitrogens with zero attached hydrogens (tertiary/aromatic N) is 1. The molecule has 1 aromatic rings. The molecule has 1 amide bonds. The highest BCUT2D eigenvalue weighted by molar-refractivity contribution is 5.83. The van der Waals surface area contributed by atoms with Crippen molar-refractivity contribution in [1.82, 2.24) is 4.90 Å². The molecule has 0 bridgehead atoms. The number of carboxylic acid groups (broad SMARTS) is 1. The van der Waals surface area contributed by atoms with Gasteiger partial charge in [-0.05, 0) is 23.6 Å². The van der Waals surface area contributed by atoms with Crippen LogP contribution in [-0.4, -0.2) is 41.6 Å². The number of benzene rings is 1. The first-order valence-electron chi connectivity index (χ1n) is 6.84. The van der Waals surface area contributed by atoms with Gasteiger partial charge in [0.25, 0.3) is 0 Å². The molecule has 1 aromatic carbocycles. The maximum absolute atomic E-state index is 12.2. The Balaban J connectivity index is 2.03. The number of carbonyl (C=O) groups is 2. The normalized spacial score (nSPS) is 12.7. The lowest BCUT2D eigenvalue weighted by Gasteiger charge is -2.20. The van der Waals surface area contributed by atoms with Crippen molar-refractivity contribution in [2.45, 2.75) is 26.2 Å². The molecular formula is C15H19NO4. The van der Waals surface area contributed by atoms with Crippen molar-refractivity contribution in [3.05, 3.63) is 29.3 Å². The third-order valence-electron chi connectivity index (χ3n) is 3.28. The first-order valence-corrected chi connectivity index (χ1v) is 6.84. The molecule has 0 aromatic heterocycles. The highest BCUT2D eigenvalue weighted by Crippen LogP contribution is 2.26. The van der Waals surface area contributed by atoms with Gasteiger partial charge in [0.2, 0.25) is 5.91 Å². The minimum atomic E-state index is -0.978. The Morgan fingerprint density at radius 2 is 2.20 bits per heavy atom. The summed E-state index contributed by atoms with van der Waals surface area (Å²) in [5.74, 6) is -0.237. The quantitative estimate of drug-likeness (QED) is 0.855. The first kappa shape index (κ1) is 14.4. The van der Waals surface area contributed by atoms with E-state index in [0.29, 0.717) is 13.2 Å². The molecule has 0 aliphatic carbocycles. The van der Waals surface area contributed by atoms with Gasteiger partial charge >= 0.3 is 5.97 Å². The molecule has 1 aliphatic rings. The average Bonchev–Trinajstić information content (AvgIpc) is 2.85. The molecule has 1 aliphatic heterocycles. The first-order chi connectivity index (χ1) is 9.60. The number of aliphatic carboxylic acids is 1. The molecule has 0 spiro atoms. The number of hydrogen-bond donors (Lipinski definition) is 1. The maximum atomic E-state index is 12.2. The number of rotatable bonds is 6. The Bertz CT molecular complexity index is 513. The number of ether oxygens (including phenoxy) is 1. The van der Waals surface area contributed by atoms with E-state index in [1.807, 2.05) is 25.1 Å². The van der Waals surface area contributed by atoms with Crippen molar-refractivity contribution in [2.75, 3.05) is 19.7 Å². The van der Waals surface area contributed by atoms with E-state index in [-0.39, 0.29) is 18.9 Å². The van der Waals surface area contributed by atoms with Crippen molar-refractivity contribution in [3.8, 4) is 5.75 Å². The van der Waals surface area contributed by atoms with E-state index in [4.69, 9.17) is 9.84 Å². The molecule has 0 saturated heterocycles. The molecule has 0 atom stereocenters. The fraction of sp³-hybridized carbons (Fsp3) is 0.467. The highest BCUT2D eigenvalue weighted by atomic mass is 16.5. The Labute approximate surface area is 118 Å². The summed E-state index contributed by atoms with van der Waals surface area (Å²) >= 11 is 0. The van der Waals surface area contributed by atoms with Gasteiger partial charge in [-0.15, -0.1) is 0 Å². The third-order valence-corrected chi connectivity index (χ3v) is 3.28.